The second-order valence-electron chi connectivity index (χ2n) is 5.79. The molecule has 2 aromatic carbocycles. The Bertz CT molecular complexity index is 848. The van der Waals surface area contributed by atoms with Crippen LogP contribution in [-0.4, -0.2) is 41.0 Å². The standard InChI is InChI=1S/C17H17Cl2N5/c1-24(2)10-16(11-7-8-13(18)14(19)9-11)20-17-12-5-3-4-6-15(12)21-23-22-17/h3-9,16H,10H2,1-2H3,(H,20,21,22)/t16-/m1/s1. The molecule has 0 spiro atoms. The van der Waals surface area contributed by atoms with Crippen LogP contribution in [0, 0.1) is 0 Å². The summed E-state index contributed by atoms with van der Waals surface area (Å²) in [5.74, 6) is 0.693. The molecule has 0 amide bonds. The molecule has 1 N–H and O–H groups in total. The Labute approximate surface area is 150 Å². The number of hydrogen-bond acceptors (Lipinski definition) is 5. The SMILES string of the molecule is CN(C)C[C@@H](Nc1nnnc2ccccc12)c1ccc(Cl)c(Cl)c1. The zero-order valence-corrected chi connectivity index (χ0v) is 14.9. The van der Waals surface area contributed by atoms with E-state index in [9.17, 15) is 0 Å². The Balaban J connectivity index is 1.98. The van der Waals surface area contributed by atoms with Crippen LogP contribution in [0.4, 0.5) is 5.82 Å². The summed E-state index contributed by atoms with van der Waals surface area (Å²) in [7, 11) is 4.03. The monoisotopic (exact) mass is 361 g/mol. The number of fused-ring (bicyclic) bond motifs is 1. The van der Waals surface area contributed by atoms with Crippen molar-refractivity contribution in [2.75, 3.05) is 26.0 Å². The summed E-state index contributed by atoms with van der Waals surface area (Å²) >= 11 is 12.2. The molecule has 24 heavy (non-hydrogen) atoms. The third-order valence-electron chi connectivity index (χ3n) is 3.66. The van der Waals surface area contributed by atoms with Gasteiger partial charge < -0.3 is 10.2 Å². The van der Waals surface area contributed by atoms with Gasteiger partial charge in [0.05, 0.1) is 21.6 Å². The largest absolute Gasteiger partial charge is 0.360 e. The molecule has 5 nitrogen and oxygen atoms in total. The first kappa shape index (κ1) is 16.9. The van der Waals surface area contributed by atoms with E-state index in [1.165, 1.54) is 0 Å². The molecule has 1 aromatic heterocycles. The van der Waals surface area contributed by atoms with Crippen LogP contribution in [0.1, 0.15) is 11.6 Å². The van der Waals surface area contributed by atoms with Gasteiger partial charge in [-0.2, -0.15) is 0 Å². The van der Waals surface area contributed by atoms with Crippen molar-refractivity contribution in [3.63, 3.8) is 0 Å². The molecule has 0 unspecified atom stereocenters. The number of benzene rings is 2. The summed E-state index contributed by atoms with van der Waals surface area (Å²) in [4.78, 5) is 2.09. The van der Waals surface area contributed by atoms with E-state index in [2.05, 4.69) is 25.6 Å². The minimum absolute atomic E-state index is 0.0186. The van der Waals surface area contributed by atoms with Crippen molar-refractivity contribution in [2.45, 2.75) is 6.04 Å². The Morgan fingerprint density at radius 1 is 1.04 bits per heavy atom. The Morgan fingerprint density at radius 2 is 1.83 bits per heavy atom. The highest BCUT2D eigenvalue weighted by Crippen LogP contribution is 2.29. The molecule has 0 aliphatic rings. The van der Waals surface area contributed by atoms with Gasteiger partial charge in [0.25, 0.3) is 0 Å². The number of rotatable bonds is 5. The summed E-state index contributed by atoms with van der Waals surface area (Å²) in [6.07, 6.45) is 0. The van der Waals surface area contributed by atoms with Crippen molar-refractivity contribution in [1.82, 2.24) is 20.3 Å². The maximum atomic E-state index is 6.18. The van der Waals surface area contributed by atoms with E-state index < -0.39 is 0 Å². The third kappa shape index (κ3) is 3.75. The summed E-state index contributed by atoms with van der Waals surface area (Å²) in [6, 6.07) is 13.4. The minimum Gasteiger partial charge on any atom is -0.360 e. The molecule has 0 radical (unpaired) electrons. The van der Waals surface area contributed by atoms with Gasteiger partial charge in [-0.3, -0.25) is 0 Å². The molecule has 3 aromatic rings. The van der Waals surface area contributed by atoms with Gasteiger partial charge in [0, 0.05) is 11.9 Å². The van der Waals surface area contributed by atoms with Crippen LogP contribution in [-0.2, 0) is 0 Å². The zero-order valence-electron chi connectivity index (χ0n) is 13.4. The Kier molecular flexibility index (Phi) is 5.14. The normalized spacial score (nSPS) is 12.5. The van der Waals surface area contributed by atoms with Crippen molar-refractivity contribution in [3.8, 4) is 0 Å². The minimum atomic E-state index is -0.0186. The van der Waals surface area contributed by atoms with Crippen molar-refractivity contribution in [1.29, 1.82) is 0 Å². The fraction of sp³-hybridized carbons (Fsp3) is 0.235. The van der Waals surface area contributed by atoms with Crippen LogP contribution in [0.3, 0.4) is 0 Å². The fourth-order valence-electron chi connectivity index (χ4n) is 2.53. The highest BCUT2D eigenvalue weighted by atomic mass is 35.5. The molecular formula is C17H17Cl2N5. The predicted octanol–water partition coefficient (Wildman–Crippen LogP) is 4.05. The number of hydrogen-bond donors (Lipinski definition) is 1. The zero-order chi connectivity index (χ0) is 17.1. The van der Waals surface area contributed by atoms with Gasteiger partial charge in [-0.15, -0.1) is 10.2 Å². The van der Waals surface area contributed by atoms with Gasteiger partial charge in [0.15, 0.2) is 5.82 Å². The van der Waals surface area contributed by atoms with Gasteiger partial charge in [-0.05, 0) is 49.1 Å². The quantitative estimate of drug-likeness (QED) is 0.742. The number of nitrogens with one attached hydrogen (secondary N) is 1. The smallest absolute Gasteiger partial charge is 0.160 e. The highest BCUT2D eigenvalue weighted by molar-refractivity contribution is 6.42. The van der Waals surface area contributed by atoms with Crippen molar-refractivity contribution < 1.29 is 0 Å². The second-order valence-corrected chi connectivity index (χ2v) is 6.60. The number of likely N-dealkylation sites (N-methyl/N-ethyl adjacent to an activating group) is 1. The lowest BCUT2D eigenvalue weighted by Crippen LogP contribution is -2.26. The molecule has 7 heteroatoms. The Morgan fingerprint density at radius 3 is 2.58 bits per heavy atom. The molecule has 0 bridgehead atoms. The topological polar surface area (TPSA) is 53.9 Å². The van der Waals surface area contributed by atoms with Crippen molar-refractivity contribution in [2.24, 2.45) is 0 Å². The average Bonchev–Trinajstić information content (AvgIpc) is 2.57. The summed E-state index contributed by atoms with van der Waals surface area (Å²) < 4.78 is 0. The summed E-state index contributed by atoms with van der Waals surface area (Å²) in [6.45, 7) is 0.760. The first-order valence-electron chi connectivity index (χ1n) is 7.49. The molecule has 0 fully saturated rings. The number of halogens is 2. The number of aromatic nitrogens is 3. The lowest BCUT2D eigenvalue weighted by Gasteiger charge is -2.24. The second kappa shape index (κ2) is 7.30. The van der Waals surface area contributed by atoms with Crippen LogP contribution in [0.5, 0.6) is 0 Å². The Hall–Kier alpha value is -1.95. The molecule has 0 saturated carbocycles. The van der Waals surface area contributed by atoms with Gasteiger partial charge in [0.1, 0.15) is 0 Å². The van der Waals surface area contributed by atoms with E-state index in [-0.39, 0.29) is 6.04 Å². The third-order valence-corrected chi connectivity index (χ3v) is 4.40. The molecule has 0 saturated heterocycles. The number of anilines is 1. The molecule has 124 valence electrons. The summed E-state index contributed by atoms with van der Waals surface area (Å²) in [5.41, 5.74) is 1.83. The first-order valence-corrected chi connectivity index (χ1v) is 8.24. The molecule has 1 atom stereocenters. The number of nitrogens with zero attached hydrogens (tertiary/aromatic N) is 4. The van der Waals surface area contributed by atoms with Crippen LogP contribution in [0.25, 0.3) is 10.9 Å². The highest BCUT2D eigenvalue weighted by Gasteiger charge is 2.16. The summed E-state index contributed by atoms with van der Waals surface area (Å²) in [5, 5.41) is 17.5. The molecule has 0 aliphatic carbocycles. The van der Waals surface area contributed by atoms with E-state index in [1.54, 1.807) is 6.07 Å². The molecular weight excluding hydrogens is 345 g/mol. The van der Waals surface area contributed by atoms with E-state index >= 15 is 0 Å². The maximum Gasteiger partial charge on any atom is 0.160 e. The molecule has 1 heterocycles. The van der Waals surface area contributed by atoms with Gasteiger partial charge in [0.2, 0.25) is 0 Å². The van der Waals surface area contributed by atoms with E-state index in [0.717, 1.165) is 23.0 Å². The van der Waals surface area contributed by atoms with E-state index in [0.29, 0.717) is 15.9 Å². The van der Waals surface area contributed by atoms with Crippen LogP contribution in [0.2, 0.25) is 10.0 Å². The predicted molar refractivity (Wildman–Crippen MR) is 98.7 cm³/mol. The van der Waals surface area contributed by atoms with Crippen LogP contribution >= 0.6 is 23.2 Å². The molecule has 0 aliphatic heterocycles. The van der Waals surface area contributed by atoms with Gasteiger partial charge in [-0.25, -0.2) is 0 Å². The lowest BCUT2D eigenvalue weighted by molar-refractivity contribution is 0.386. The van der Waals surface area contributed by atoms with Crippen molar-refractivity contribution >= 4 is 39.9 Å². The van der Waals surface area contributed by atoms with Crippen molar-refractivity contribution in [3.05, 3.63) is 58.1 Å². The van der Waals surface area contributed by atoms with Crippen LogP contribution < -0.4 is 5.32 Å². The van der Waals surface area contributed by atoms with Crippen LogP contribution in [0.15, 0.2) is 42.5 Å². The van der Waals surface area contributed by atoms with E-state index in [4.69, 9.17) is 23.2 Å². The average molecular weight is 362 g/mol. The van der Waals surface area contributed by atoms with E-state index in [1.807, 2.05) is 50.5 Å². The lowest BCUT2D eigenvalue weighted by atomic mass is 10.1. The van der Waals surface area contributed by atoms with Gasteiger partial charge in [-0.1, -0.05) is 41.4 Å². The first-order chi connectivity index (χ1) is 11.5. The van der Waals surface area contributed by atoms with Gasteiger partial charge >= 0.3 is 0 Å². The fourth-order valence-corrected chi connectivity index (χ4v) is 2.84. The maximum absolute atomic E-state index is 6.18. The molecule has 3 rings (SSSR count).